The van der Waals surface area contributed by atoms with E-state index in [0.29, 0.717) is 25.9 Å². The van der Waals surface area contributed by atoms with E-state index in [1.54, 1.807) is 4.90 Å². The summed E-state index contributed by atoms with van der Waals surface area (Å²) in [5.74, 6) is -0.471. The van der Waals surface area contributed by atoms with Gasteiger partial charge in [-0.3, -0.25) is 19.6 Å². The van der Waals surface area contributed by atoms with Gasteiger partial charge in [0.05, 0.1) is 13.5 Å². The van der Waals surface area contributed by atoms with Crippen LogP contribution < -0.4 is 17.2 Å². The molecule has 0 saturated carbocycles. The number of hydrogen-bond acceptors (Lipinski definition) is 7. The molecule has 0 radical (unpaired) electrons. The van der Waals surface area contributed by atoms with Gasteiger partial charge in [-0.25, -0.2) is 4.79 Å². The first-order chi connectivity index (χ1) is 16.1. The molecule has 0 fully saturated rings. The Morgan fingerprint density at radius 1 is 1.12 bits per heavy atom. The predicted molar refractivity (Wildman–Crippen MR) is 130 cm³/mol. The molecule has 0 atom stereocenters. The van der Waals surface area contributed by atoms with Gasteiger partial charge < -0.3 is 31.0 Å². The molecule has 11 nitrogen and oxygen atoms in total. The quantitative estimate of drug-likeness (QED) is 0.187. The van der Waals surface area contributed by atoms with Gasteiger partial charge in [-0.1, -0.05) is 24.3 Å². The molecule has 0 aliphatic rings. The maximum atomic E-state index is 13.0. The van der Waals surface area contributed by atoms with Crippen LogP contribution in [0.4, 0.5) is 5.82 Å². The lowest BCUT2D eigenvalue weighted by molar-refractivity contribution is -0.139. The molecule has 1 heterocycles. The summed E-state index contributed by atoms with van der Waals surface area (Å²) in [5.41, 5.74) is 12.8. The van der Waals surface area contributed by atoms with E-state index in [9.17, 15) is 14.4 Å². The molecule has 1 amide bonds. The van der Waals surface area contributed by atoms with E-state index in [1.807, 2.05) is 43.3 Å². The summed E-state index contributed by atoms with van der Waals surface area (Å²) in [6.45, 7) is 1.94. The number of aromatic amines is 1. The van der Waals surface area contributed by atoms with E-state index in [2.05, 4.69) is 4.98 Å². The zero-order chi connectivity index (χ0) is 25.3. The number of carbonyl (C=O) groups excluding carboxylic acids is 2. The number of H-pyrrole nitrogens is 1. The van der Waals surface area contributed by atoms with Gasteiger partial charge in [0.25, 0.3) is 0 Å². The standard InChI is InChI=1S/C23H35N7O4/c1-28(2)11-4-6-18(31)29(15-17-9-7-16(8-10-17)14-19(32)34-3)12-5-13-30-22(26)20(21(24)25)27-23(30)33/h7-10H,4-6,11-15,26H2,1-3H3,(H3,24,25)(H,27,33). The molecule has 1 aromatic heterocycles. The van der Waals surface area contributed by atoms with E-state index >= 15 is 0 Å². The Hall–Kier alpha value is -3.60. The second-order valence-corrected chi connectivity index (χ2v) is 8.40. The van der Waals surface area contributed by atoms with Gasteiger partial charge in [-0.05, 0) is 44.6 Å². The maximum Gasteiger partial charge on any atom is 0.327 e. The fourth-order valence-corrected chi connectivity index (χ4v) is 3.55. The number of nitrogens with one attached hydrogen (secondary N) is 2. The highest BCUT2D eigenvalue weighted by molar-refractivity contribution is 5.97. The molecule has 0 bridgehead atoms. The lowest BCUT2D eigenvalue weighted by Crippen LogP contribution is -2.33. The van der Waals surface area contributed by atoms with Crippen molar-refractivity contribution < 1.29 is 14.3 Å². The Labute approximate surface area is 199 Å². The van der Waals surface area contributed by atoms with E-state index in [1.165, 1.54) is 11.7 Å². The van der Waals surface area contributed by atoms with Gasteiger partial charge >= 0.3 is 11.7 Å². The summed E-state index contributed by atoms with van der Waals surface area (Å²) >= 11 is 0. The van der Waals surface area contributed by atoms with Crippen LogP contribution in [0.5, 0.6) is 0 Å². The molecule has 34 heavy (non-hydrogen) atoms. The average Bonchev–Trinajstić information content (AvgIpc) is 3.07. The molecular weight excluding hydrogens is 438 g/mol. The first kappa shape index (κ1) is 26.7. The number of nitrogen functional groups attached to an aromatic ring is 2. The third kappa shape index (κ3) is 7.77. The molecular formula is C23H35N7O4. The van der Waals surface area contributed by atoms with Gasteiger partial charge in [-0.15, -0.1) is 0 Å². The normalized spacial score (nSPS) is 10.9. The Morgan fingerprint density at radius 2 is 1.76 bits per heavy atom. The number of aromatic nitrogens is 2. The maximum absolute atomic E-state index is 13.0. The molecule has 0 unspecified atom stereocenters. The zero-order valence-electron chi connectivity index (χ0n) is 20.1. The summed E-state index contributed by atoms with van der Waals surface area (Å²) < 4.78 is 6.02. The zero-order valence-corrected chi connectivity index (χ0v) is 20.1. The van der Waals surface area contributed by atoms with Crippen LogP contribution in [0.25, 0.3) is 0 Å². The first-order valence-corrected chi connectivity index (χ1v) is 11.1. The van der Waals surface area contributed by atoms with Crippen molar-refractivity contribution in [2.75, 3.05) is 40.0 Å². The van der Waals surface area contributed by atoms with E-state index in [-0.39, 0.29) is 42.2 Å². The number of imidazole rings is 1. The molecule has 0 aliphatic heterocycles. The number of esters is 1. The van der Waals surface area contributed by atoms with Crippen molar-refractivity contribution in [1.82, 2.24) is 19.4 Å². The summed E-state index contributed by atoms with van der Waals surface area (Å²) in [6.07, 6.45) is 1.85. The fourth-order valence-electron chi connectivity index (χ4n) is 3.55. The number of amides is 1. The SMILES string of the molecule is COC(=O)Cc1ccc(CN(CCCn2c(N)c(C(=N)N)[nH]c2=O)C(=O)CCCN(C)C)cc1. The number of hydrogen-bond donors (Lipinski definition) is 4. The molecule has 2 rings (SSSR count). The second-order valence-electron chi connectivity index (χ2n) is 8.40. The minimum Gasteiger partial charge on any atom is -0.469 e. The van der Waals surface area contributed by atoms with E-state index in [0.717, 1.165) is 24.1 Å². The van der Waals surface area contributed by atoms with Gasteiger partial charge in [0.1, 0.15) is 17.3 Å². The highest BCUT2D eigenvalue weighted by Crippen LogP contribution is 2.12. The van der Waals surface area contributed by atoms with Crippen LogP contribution in [0.3, 0.4) is 0 Å². The molecule has 0 aliphatic carbocycles. The van der Waals surface area contributed by atoms with Crippen molar-refractivity contribution in [1.29, 1.82) is 5.41 Å². The molecule has 2 aromatic rings. The van der Waals surface area contributed by atoms with Crippen LogP contribution in [-0.2, 0) is 33.8 Å². The van der Waals surface area contributed by atoms with Gasteiger partial charge in [0, 0.05) is 26.1 Å². The van der Waals surface area contributed by atoms with E-state index in [4.69, 9.17) is 21.6 Å². The summed E-state index contributed by atoms with van der Waals surface area (Å²) in [6, 6.07) is 7.49. The van der Waals surface area contributed by atoms with Gasteiger partial charge in [-0.2, -0.15) is 0 Å². The summed E-state index contributed by atoms with van der Waals surface area (Å²) in [5, 5.41) is 7.50. The van der Waals surface area contributed by atoms with Crippen molar-refractivity contribution in [2.24, 2.45) is 5.73 Å². The Bertz CT molecular complexity index is 1040. The molecule has 11 heteroatoms. The predicted octanol–water partition coefficient (Wildman–Crippen LogP) is 0.519. The van der Waals surface area contributed by atoms with Crippen LogP contribution in [0.1, 0.15) is 36.1 Å². The van der Waals surface area contributed by atoms with Crippen molar-refractivity contribution in [3.63, 3.8) is 0 Å². The first-order valence-electron chi connectivity index (χ1n) is 11.1. The minimum atomic E-state index is -0.437. The van der Waals surface area contributed by atoms with Crippen LogP contribution in [0.2, 0.25) is 0 Å². The topological polar surface area (TPSA) is 164 Å². The number of benzene rings is 1. The number of rotatable bonds is 13. The summed E-state index contributed by atoms with van der Waals surface area (Å²) in [4.78, 5) is 42.9. The fraction of sp³-hybridized carbons (Fsp3) is 0.478. The van der Waals surface area contributed by atoms with Crippen LogP contribution >= 0.6 is 0 Å². The largest absolute Gasteiger partial charge is 0.469 e. The molecule has 186 valence electrons. The van der Waals surface area contributed by atoms with Crippen LogP contribution in [0, 0.1) is 5.41 Å². The van der Waals surface area contributed by atoms with Crippen molar-refractivity contribution in [3.05, 3.63) is 51.6 Å². The monoisotopic (exact) mass is 473 g/mol. The van der Waals surface area contributed by atoms with Gasteiger partial charge in [0.2, 0.25) is 5.91 Å². The molecule has 0 saturated heterocycles. The number of ether oxygens (including phenoxy) is 1. The second kappa shape index (κ2) is 12.6. The number of nitrogens with two attached hydrogens (primary N) is 2. The Balaban J connectivity index is 2.07. The minimum absolute atomic E-state index is 0.0271. The van der Waals surface area contributed by atoms with E-state index < -0.39 is 5.69 Å². The molecule has 6 N–H and O–H groups in total. The lowest BCUT2D eigenvalue weighted by atomic mass is 10.1. The number of amidine groups is 1. The third-order valence-corrected chi connectivity index (χ3v) is 5.42. The highest BCUT2D eigenvalue weighted by Gasteiger charge is 2.17. The average molecular weight is 474 g/mol. The van der Waals surface area contributed by atoms with Crippen molar-refractivity contribution in [3.8, 4) is 0 Å². The van der Waals surface area contributed by atoms with Crippen LogP contribution in [0.15, 0.2) is 29.1 Å². The molecule has 0 spiro atoms. The number of anilines is 1. The number of carbonyl (C=O) groups is 2. The number of methoxy groups -OCH3 is 1. The number of nitrogens with zero attached hydrogens (tertiary/aromatic N) is 3. The molecule has 1 aromatic carbocycles. The summed E-state index contributed by atoms with van der Waals surface area (Å²) in [7, 11) is 5.28. The lowest BCUT2D eigenvalue weighted by Gasteiger charge is -2.24. The third-order valence-electron chi connectivity index (χ3n) is 5.42. The highest BCUT2D eigenvalue weighted by atomic mass is 16.5. The Morgan fingerprint density at radius 3 is 2.32 bits per heavy atom. The van der Waals surface area contributed by atoms with Crippen molar-refractivity contribution >= 4 is 23.5 Å². The van der Waals surface area contributed by atoms with Gasteiger partial charge in [0.15, 0.2) is 0 Å². The van der Waals surface area contributed by atoms with Crippen molar-refractivity contribution in [2.45, 2.75) is 38.8 Å². The Kier molecular flexibility index (Phi) is 9.87. The smallest absolute Gasteiger partial charge is 0.327 e. The van der Waals surface area contributed by atoms with Crippen LogP contribution in [-0.4, -0.2) is 71.4 Å².